The Bertz CT molecular complexity index is 699. The molecule has 0 heterocycles. The maximum atomic E-state index is 12.5. The average molecular weight is 353 g/mol. The second kappa shape index (κ2) is 7.21. The number of carbonyl (C=O) groups is 1. The predicted octanol–water partition coefficient (Wildman–Crippen LogP) is 1.62. The maximum Gasteiger partial charge on any atom is 0.251 e. The quantitative estimate of drug-likeness (QED) is 0.661. The summed E-state index contributed by atoms with van der Waals surface area (Å²) in [7, 11) is -3.58. The fourth-order valence-electron chi connectivity index (χ4n) is 2.73. The molecule has 1 atom stereocenters. The summed E-state index contributed by atoms with van der Waals surface area (Å²) in [6.07, 6.45) is 2.48. The van der Waals surface area contributed by atoms with Crippen molar-refractivity contribution in [3.05, 3.63) is 29.8 Å². The van der Waals surface area contributed by atoms with Crippen LogP contribution in [0.2, 0.25) is 0 Å². The summed E-state index contributed by atoms with van der Waals surface area (Å²) in [5.41, 5.74) is 5.62. The maximum absolute atomic E-state index is 12.5. The van der Waals surface area contributed by atoms with Crippen LogP contribution < -0.4 is 15.8 Å². The van der Waals surface area contributed by atoms with Crippen molar-refractivity contribution < 1.29 is 13.2 Å². The summed E-state index contributed by atoms with van der Waals surface area (Å²) >= 11 is 0. The van der Waals surface area contributed by atoms with E-state index >= 15 is 0 Å². The van der Waals surface area contributed by atoms with Crippen molar-refractivity contribution in [1.82, 2.24) is 10.0 Å². The zero-order valence-electron chi connectivity index (χ0n) is 14.5. The van der Waals surface area contributed by atoms with Gasteiger partial charge >= 0.3 is 0 Å². The molecule has 1 aromatic carbocycles. The number of hydrogen-bond acceptors (Lipinski definition) is 4. The van der Waals surface area contributed by atoms with Gasteiger partial charge < -0.3 is 11.1 Å². The SMILES string of the molecule is CC(C)CC(C)(CN)NC(=O)c1cccc(S(=O)(=O)NC2CC2)c1. The van der Waals surface area contributed by atoms with Crippen molar-refractivity contribution in [2.75, 3.05) is 6.54 Å². The predicted molar refractivity (Wildman–Crippen MR) is 94.2 cm³/mol. The third-order valence-corrected chi connectivity index (χ3v) is 5.55. The zero-order chi connectivity index (χ0) is 18.0. The van der Waals surface area contributed by atoms with Crippen molar-refractivity contribution in [3.63, 3.8) is 0 Å². The molecule has 0 radical (unpaired) electrons. The van der Waals surface area contributed by atoms with Gasteiger partial charge in [-0.1, -0.05) is 19.9 Å². The second-order valence-electron chi connectivity index (χ2n) is 7.24. The van der Waals surface area contributed by atoms with Gasteiger partial charge in [0.05, 0.1) is 4.90 Å². The molecule has 0 saturated heterocycles. The molecule has 0 aromatic heterocycles. The van der Waals surface area contributed by atoms with Crippen molar-refractivity contribution >= 4 is 15.9 Å². The van der Waals surface area contributed by atoms with Crippen molar-refractivity contribution in [2.24, 2.45) is 11.7 Å². The third-order valence-electron chi connectivity index (χ3n) is 4.03. The molecule has 1 saturated carbocycles. The van der Waals surface area contributed by atoms with E-state index < -0.39 is 15.6 Å². The Morgan fingerprint density at radius 3 is 2.58 bits per heavy atom. The minimum atomic E-state index is -3.58. The van der Waals surface area contributed by atoms with Gasteiger partial charge in [0.1, 0.15) is 0 Å². The van der Waals surface area contributed by atoms with Crippen LogP contribution >= 0.6 is 0 Å². The highest BCUT2D eigenvalue weighted by molar-refractivity contribution is 7.89. The summed E-state index contributed by atoms with van der Waals surface area (Å²) in [5, 5.41) is 2.94. The molecule has 24 heavy (non-hydrogen) atoms. The highest BCUT2D eigenvalue weighted by Gasteiger charge is 2.29. The van der Waals surface area contributed by atoms with Gasteiger partial charge in [-0.2, -0.15) is 0 Å². The van der Waals surface area contributed by atoms with Crippen LogP contribution in [0.3, 0.4) is 0 Å². The summed E-state index contributed by atoms with van der Waals surface area (Å²) in [5.74, 6) is 0.0698. The normalized spacial score (nSPS) is 17.5. The number of sulfonamides is 1. The molecule has 1 aliphatic rings. The lowest BCUT2D eigenvalue weighted by Crippen LogP contribution is -2.52. The lowest BCUT2D eigenvalue weighted by Gasteiger charge is -2.31. The largest absolute Gasteiger partial charge is 0.346 e. The molecule has 1 amide bonds. The van der Waals surface area contributed by atoms with Crippen molar-refractivity contribution in [1.29, 1.82) is 0 Å². The lowest BCUT2D eigenvalue weighted by molar-refractivity contribution is 0.0898. The molecule has 7 heteroatoms. The van der Waals surface area contributed by atoms with E-state index in [-0.39, 0.29) is 16.8 Å². The molecule has 2 rings (SSSR count). The number of nitrogens with two attached hydrogens (primary N) is 1. The van der Waals surface area contributed by atoms with E-state index in [1.165, 1.54) is 12.1 Å². The number of nitrogens with one attached hydrogen (secondary N) is 2. The van der Waals surface area contributed by atoms with E-state index in [9.17, 15) is 13.2 Å². The molecule has 0 aliphatic heterocycles. The molecule has 0 spiro atoms. The first-order valence-corrected chi connectivity index (χ1v) is 9.78. The summed E-state index contributed by atoms with van der Waals surface area (Å²) in [4.78, 5) is 12.6. The summed E-state index contributed by atoms with van der Waals surface area (Å²) in [6, 6.07) is 6.12. The number of rotatable bonds is 8. The Balaban J connectivity index is 2.16. The second-order valence-corrected chi connectivity index (χ2v) is 8.95. The van der Waals surface area contributed by atoms with Crippen molar-refractivity contribution in [3.8, 4) is 0 Å². The van der Waals surface area contributed by atoms with E-state index in [0.717, 1.165) is 19.3 Å². The molecule has 1 unspecified atom stereocenters. The first-order valence-electron chi connectivity index (χ1n) is 8.30. The highest BCUT2D eigenvalue weighted by Crippen LogP contribution is 2.23. The molecule has 1 fully saturated rings. The average Bonchev–Trinajstić information content (AvgIpc) is 3.29. The molecular weight excluding hydrogens is 326 g/mol. The molecule has 0 bridgehead atoms. The van der Waals surface area contributed by atoms with Gasteiger partial charge in [-0.25, -0.2) is 13.1 Å². The minimum absolute atomic E-state index is 0.0269. The Labute approximate surface area is 144 Å². The fraction of sp³-hybridized carbons (Fsp3) is 0.588. The van der Waals surface area contributed by atoms with Crippen LogP contribution in [0.25, 0.3) is 0 Å². The molecule has 4 N–H and O–H groups in total. The van der Waals surface area contributed by atoms with Crippen LogP contribution in [-0.4, -0.2) is 32.5 Å². The lowest BCUT2D eigenvalue weighted by atomic mass is 9.90. The van der Waals surface area contributed by atoms with E-state index in [0.29, 0.717) is 18.0 Å². The Morgan fingerprint density at radius 1 is 1.38 bits per heavy atom. The van der Waals surface area contributed by atoms with Gasteiger partial charge in [0.2, 0.25) is 10.0 Å². The molecule has 6 nitrogen and oxygen atoms in total. The van der Waals surface area contributed by atoms with Gasteiger partial charge in [0, 0.05) is 23.7 Å². The molecular formula is C17H27N3O3S. The van der Waals surface area contributed by atoms with Gasteiger partial charge in [0.25, 0.3) is 5.91 Å². The smallest absolute Gasteiger partial charge is 0.251 e. The summed E-state index contributed by atoms with van der Waals surface area (Å²) < 4.78 is 27.2. The molecule has 134 valence electrons. The van der Waals surface area contributed by atoms with Crippen LogP contribution in [0.1, 0.15) is 50.4 Å². The van der Waals surface area contributed by atoms with Crippen LogP contribution in [0.4, 0.5) is 0 Å². The summed E-state index contributed by atoms with van der Waals surface area (Å²) in [6.45, 7) is 6.35. The molecule has 1 aromatic rings. The van der Waals surface area contributed by atoms with Gasteiger partial charge in [-0.05, 0) is 50.3 Å². The standard InChI is InChI=1S/C17H27N3O3S/c1-12(2)10-17(3,11-18)19-16(21)13-5-4-6-15(9-13)24(22,23)20-14-7-8-14/h4-6,9,12,14,20H,7-8,10-11,18H2,1-3H3,(H,19,21). The van der Waals surface area contributed by atoms with Crippen molar-refractivity contribution in [2.45, 2.75) is 56.5 Å². The van der Waals surface area contributed by atoms with Crippen LogP contribution in [0, 0.1) is 5.92 Å². The topological polar surface area (TPSA) is 101 Å². The Kier molecular flexibility index (Phi) is 5.67. The molecule has 1 aliphatic carbocycles. The van der Waals surface area contributed by atoms with Crippen LogP contribution in [-0.2, 0) is 10.0 Å². The highest BCUT2D eigenvalue weighted by atomic mass is 32.2. The number of benzene rings is 1. The number of carbonyl (C=O) groups excluding carboxylic acids is 1. The minimum Gasteiger partial charge on any atom is -0.346 e. The Morgan fingerprint density at radius 2 is 2.04 bits per heavy atom. The van der Waals surface area contributed by atoms with E-state index in [2.05, 4.69) is 23.9 Å². The number of amides is 1. The van der Waals surface area contributed by atoms with Gasteiger partial charge in [0.15, 0.2) is 0 Å². The third kappa shape index (κ3) is 5.03. The van der Waals surface area contributed by atoms with Gasteiger partial charge in [-0.3, -0.25) is 4.79 Å². The number of hydrogen-bond donors (Lipinski definition) is 3. The van der Waals surface area contributed by atoms with E-state index in [1.54, 1.807) is 12.1 Å². The van der Waals surface area contributed by atoms with Crippen LogP contribution in [0.15, 0.2) is 29.2 Å². The Hall–Kier alpha value is -1.44. The monoisotopic (exact) mass is 353 g/mol. The van der Waals surface area contributed by atoms with Crippen LogP contribution in [0.5, 0.6) is 0 Å². The van der Waals surface area contributed by atoms with Gasteiger partial charge in [-0.15, -0.1) is 0 Å². The first-order chi connectivity index (χ1) is 11.1. The van der Waals surface area contributed by atoms with E-state index in [4.69, 9.17) is 5.73 Å². The zero-order valence-corrected chi connectivity index (χ0v) is 15.3. The fourth-order valence-corrected chi connectivity index (χ4v) is 4.08. The first kappa shape index (κ1) is 18.9. The van der Waals surface area contributed by atoms with E-state index in [1.807, 2.05) is 6.92 Å².